The quantitative estimate of drug-likeness (QED) is 0.394. The molecule has 4 rings (SSSR count). The van der Waals surface area contributed by atoms with Gasteiger partial charge in [0.15, 0.2) is 0 Å². The maximum atomic E-state index is 13.7. The van der Waals surface area contributed by atoms with Crippen molar-refractivity contribution in [2.75, 3.05) is 26.3 Å². The van der Waals surface area contributed by atoms with E-state index >= 15 is 0 Å². The Balaban J connectivity index is 1.56. The zero-order valence-corrected chi connectivity index (χ0v) is 26.6. The van der Waals surface area contributed by atoms with E-state index in [0.29, 0.717) is 44.9 Å². The van der Waals surface area contributed by atoms with Crippen LogP contribution in [0, 0.1) is 12.8 Å². The molecule has 2 heterocycles. The van der Waals surface area contributed by atoms with Gasteiger partial charge in [-0.15, -0.1) is 0 Å². The third-order valence-corrected chi connectivity index (χ3v) is 8.62. The Hall–Kier alpha value is -4.08. The van der Waals surface area contributed by atoms with E-state index in [4.69, 9.17) is 9.47 Å². The molecule has 244 valence electrons. The number of rotatable bonds is 7. The molecule has 10 heteroatoms. The van der Waals surface area contributed by atoms with E-state index in [-0.39, 0.29) is 37.8 Å². The van der Waals surface area contributed by atoms with E-state index in [1.165, 1.54) is 0 Å². The zero-order chi connectivity index (χ0) is 32.0. The number of unbranched alkanes of at least 4 members (excludes halogenated alkanes) is 1. The summed E-state index contributed by atoms with van der Waals surface area (Å²) in [7, 11) is 0. The number of piperidine rings is 1. The normalized spacial score (nSPS) is 21.7. The maximum Gasteiger partial charge on any atom is 0.407 e. The predicted molar refractivity (Wildman–Crippen MR) is 172 cm³/mol. The maximum absolute atomic E-state index is 13.7. The van der Waals surface area contributed by atoms with Gasteiger partial charge in [0.05, 0.1) is 13.2 Å². The van der Waals surface area contributed by atoms with Gasteiger partial charge in [-0.2, -0.15) is 0 Å². The summed E-state index contributed by atoms with van der Waals surface area (Å²) in [5.74, 6) is 0.150. The molecule has 2 aliphatic heterocycles. The minimum atomic E-state index is -1.04. The van der Waals surface area contributed by atoms with Crippen LogP contribution in [0.15, 0.2) is 48.5 Å². The number of fused-ring (bicyclic) bond motifs is 4. The highest BCUT2D eigenvalue weighted by Crippen LogP contribution is 2.23. The second-order valence-corrected chi connectivity index (χ2v) is 12.1. The molecule has 1 saturated heterocycles. The smallest absolute Gasteiger partial charge is 0.407 e. The molecule has 45 heavy (non-hydrogen) atoms. The molecule has 3 atom stereocenters. The van der Waals surface area contributed by atoms with Crippen molar-refractivity contribution in [3.63, 3.8) is 0 Å². The van der Waals surface area contributed by atoms with Gasteiger partial charge in [0.2, 0.25) is 17.7 Å². The lowest BCUT2D eigenvalue weighted by molar-refractivity contribution is -0.134. The lowest BCUT2D eigenvalue weighted by Gasteiger charge is -2.33. The van der Waals surface area contributed by atoms with Crippen molar-refractivity contribution >= 4 is 23.8 Å². The van der Waals surface area contributed by atoms with Gasteiger partial charge in [0, 0.05) is 26.1 Å². The summed E-state index contributed by atoms with van der Waals surface area (Å²) in [4.78, 5) is 55.0. The Kier molecular flexibility index (Phi) is 13.1. The van der Waals surface area contributed by atoms with E-state index in [9.17, 15) is 19.2 Å². The topological polar surface area (TPSA) is 126 Å². The summed E-state index contributed by atoms with van der Waals surface area (Å²) in [6, 6.07) is 13.7. The van der Waals surface area contributed by atoms with Crippen LogP contribution in [0.1, 0.15) is 75.0 Å². The highest BCUT2D eigenvalue weighted by atomic mass is 16.5. The van der Waals surface area contributed by atoms with Gasteiger partial charge in [0.25, 0.3) is 0 Å². The van der Waals surface area contributed by atoms with Gasteiger partial charge in [-0.05, 0) is 86.6 Å². The van der Waals surface area contributed by atoms with E-state index in [2.05, 4.69) is 16.0 Å². The molecule has 4 bridgehead atoms. The van der Waals surface area contributed by atoms with E-state index in [0.717, 1.165) is 48.1 Å². The van der Waals surface area contributed by atoms with Crippen LogP contribution in [-0.2, 0) is 32.1 Å². The van der Waals surface area contributed by atoms with E-state index in [1.807, 2.05) is 67.3 Å². The van der Waals surface area contributed by atoms with Gasteiger partial charge >= 0.3 is 6.09 Å². The Morgan fingerprint density at radius 2 is 1.89 bits per heavy atom. The fourth-order valence-corrected chi connectivity index (χ4v) is 5.79. The van der Waals surface area contributed by atoms with Crippen molar-refractivity contribution in [1.82, 2.24) is 20.9 Å². The first-order chi connectivity index (χ1) is 21.8. The van der Waals surface area contributed by atoms with Crippen molar-refractivity contribution in [3.05, 3.63) is 65.2 Å². The molecule has 4 amide bonds. The third kappa shape index (κ3) is 10.8. The Morgan fingerprint density at radius 3 is 2.69 bits per heavy atom. The van der Waals surface area contributed by atoms with Gasteiger partial charge in [-0.3, -0.25) is 14.4 Å². The first kappa shape index (κ1) is 33.8. The fourth-order valence-electron chi connectivity index (χ4n) is 5.79. The number of nitrogens with one attached hydrogen (secondary N) is 3. The van der Waals surface area contributed by atoms with Crippen LogP contribution in [0.5, 0.6) is 5.75 Å². The van der Waals surface area contributed by atoms with Crippen LogP contribution in [0.3, 0.4) is 0 Å². The van der Waals surface area contributed by atoms with Gasteiger partial charge in [-0.25, -0.2) is 4.79 Å². The minimum Gasteiger partial charge on any atom is -0.494 e. The predicted octanol–water partition coefficient (Wildman–Crippen LogP) is 4.43. The number of hydrogen-bond donors (Lipinski definition) is 3. The Bertz CT molecular complexity index is 1290. The van der Waals surface area contributed by atoms with Crippen molar-refractivity contribution in [3.8, 4) is 5.75 Å². The fraction of sp³-hybridized carbons (Fsp3) is 0.543. The van der Waals surface area contributed by atoms with Crippen molar-refractivity contribution in [1.29, 1.82) is 0 Å². The van der Waals surface area contributed by atoms with Crippen LogP contribution >= 0.6 is 0 Å². The molecular formula is C35H48N4O6. The summed E-state index contributed by atoms with van der Waals surface area (Å²) in [6.45, 7) is 6.33. The molecule has 2 aromatic rings. The molecule has 0 aromatic heterocycles. The molecule has 3 N–H and O–H groups in total. The minimum absolute atomic E-state index is 0.0565. The lowest BCUT2D eigenvalue weighted by atomic mass is 9.94. The number of ether oxygens (including phenoxy) is 2. The van der Waals surface area contributed by atoms with Crippen LogP contribution in [-0.4, -0.2) is 67.1 Å². The summed E-state index contributed by atoms with van der Waals surface area (Å²) in [6.07, 6.45) is 4.70. The van der Waals surface area contributed by atoms with Crippen molar-refractivity contribution in [2.24, 2.45) is 5.92 Å². The number of carbonyl (C=O) groups is 4. The lowest BCUT2D eigenvalue weighted by Crippen LogP contribution is -2.54. The number of nitrogens with zero attached hydrogens (tertiary/aromatic N) is 1. The number of aryl methyl sites for hydroxylation is 2. The monoisotopic (exact) mass is 620 g/mol. The van der Waals surface area contributed by atoms with Gasteiger partial charge < -0.3 is 30.3 Å². The third-order valence-electron chi connectivity index (χ3n) is 8.62. The standard InChI is InChI=1S/C35H48N4O6/c1-3-4-20-45-35(43)38-31-16-17-32(40)39-19-8-11-27(24-39)18-21-44-29-14-12-25(2)28(22-29)23-36-33(41)30(37-34(31)42)15-13-26-9-6-5-7-10-26/h5-7,9-10,12,14,22,27,30-31H,3-4,8,11,13,15-21,23-24H2,1-2H3,(H,36,41)(H,37,42)(H,38,43)/t27?,30-,31-/m0/s1. The molecule has 10 nitrogen and oxygen atoms in total. The Labute approximate surface area is 266 Å². The van der Waals surface area contributed by atoms with Crippen LogP contribution in [0.2, 0.25) is 0 Å². The Morgan fingerprint density at radius 1 is 1.07 bits per heavy atom. The molecule has 0 spiro atoms. The molecular weight excluding hydrogens is 572 g/mol. The summed E-state index contributed by atoms with van der Waals surface area (Å²) in [5.41, 5.74) is 2.98. The molecule has 2 aliphatic rings. The largest absolute Gasteiger partial charge is 0.494 e. The number of hydrogen-bond acceptors (Lipinski definition) is 6. The van der Waals surface area contributed by atoms with Gasteiger partial charge in [-0.1, -0.05) is 49.7 Å². The van der Waals surface area contributed by atoms with E-state index < -0.39 is 24.1 Å². The number of amides is 4. The van der Waals surface area contributed by atoms with Crippen LogP contribution in [0.25, 0.3) is 0 Å². The van der Waals surface area contributed by atoms with Crippen molar-refractivity contribution < 1.29 is 28.7 Å². The number of carbonyl (C=O) groups excluding carboxylic acids is 4. The first-order valence-corrected chi connectivity index (χ1v) is 16.4. The van der Waals surface area contributed by atoms with Crippen molar-refractivity contribution in [2.45, 2.75) is 90.3 Å². The SMILES string of the molecule is CCCCOC(=O)N[C@H]1CCC(=O)N2CCCC(CCOc3ccc(C)c(c3)CNC(=O)[C@H](CCc3ccccc3)NC1=O)C2. The van der Waals surface area contributed by atoms with E-state index in [1.54, 1.807) is 0 Å². The van der Waals surface area contributed by atoms with Crippen LogP contribution in [0.4, 0.5) is 4.79 Å². The summed E-state index contributed by atoms with van der Waals surface area (Å²) < 4.78 is 11.4. The molecule has 1 fully saturated rings. The van der Waals surface area contributed by atoms with Gasteiger partial charge in [0.1, 0.15) is 17.8 Å². The molecule has 2 aromatic carbocycles. The summed E-state index contributed by atoms with van der Waals surface area (Å²) >= 11 is 0. The highest BCUT2D eigenvalue weighted by Gasteiger charge is 2.30. The number of alkyl carbamates (subject to hydrolysis) is 1. The highest BCUT2D eigenvalue weighted by molar-refractivity contribution is 5.91. The van der Waals surface area contributed by atoms with Crippen LogP contribution < -0.4 is 20.7 Å². The molecule has 0 radical (unpaired) electrons. The second kappa shape index (κ2) is 17.4. The molecule has 1 unspecified atom stereocenters. The molecule has 0 aliphatic carbocycles. The average Bonchev–Trinajstić information content (AvgIpc) is 3.05. The number of benzene rings is 2. The second-order valence-electron chi connectivity index (χ2n) is 12.1. The molecule has 0 saturated carbocycles. The zero-order valence-electron chi connectivity index (χ0n) is 26.6. The average molecular weight is 621 g/mol. The summed E-state index contributed by atoms with van der Waals surface area (Å²) in [5, 5.41) is 8.54. The first-order valence-electron chi connectivity index (χ1n) is 16.4.